The van der Waals surface area contributed by atoms with Crippen LogP contribution in [-0.4, -0.2) is 34.4 Å². The van der Waals surface area contributed by atoms with Gasteiger partial charge in [-0.3, -0.25) is 4.79 Å². The molecule has 128 valence electrons. The smallest absolute Gasteiger partial charge is 0.227 e. The fourth-order valence-electron chi connectivity index (χ4n) is 3.29. The Morgan fingerprint density at radius 2 is 2.20 bits per heavy atom. The van der Waals surface area contributed by atoms with Gasteiger partial charge in [0.05, 0.1) is 25.5 Å². The number of nitrogens with two attached hydrogens (primary N) is 1. The number of para-hydroxylation sites is 1. The summed E-state index contributed by atoms with van der Waals surface area (Å²) in [4.78, 5) is 25.1. The number of rotatable bonds is 3. The summed E-state index contributed by atoms with van der Waals surface area (Å²) in [6.45, 7) is 1.28. The fourth-order valence-corrected chi connectivity index (χ4v) is 4.50. The lowest BCUT2D eigenvalue weighted by atomic mass is 10.0. The zero-order chi connectivity index (χ0) is 17.4. The third-order valence-electron chi connectivity index (χ3n) is 4.55. The molecule has 2 aromatic heterocycles. The van der Waals surface area contributed by atoms with Crippen molar-refractivity contribution in [2.45, 2.75) is 19.4 Å². The number of nitrogen functional groups attached to an aromatic ring is 1. The van der Waals surface area contributed by atoms with E-state index in [1.165, 1.54) is 11.9 Å². The molecule has 7 heteroatoms. The molecule has 0 atom stereocenters. The van der Waals surface area contributed by atoms with Gasteiger partial charge < -0.3 is 15.4 Å². The first-order valence-corrected chi connectivity index (χ1v) is 8.89. The second kappa shape index (κ2) is 6.33. The van der Waals surface area contributed by atoms with Crippen LogP contribution < -0.4 is 10.5 Å². The second-order valence-corrected chi connectivity index (χ2v) is 7.08. The molecule has 0 saturated carbocycles. The molecule has 0 spiro atoms. The Bertz CT molecular complexity index is 953. The minimum atomic E-state index is 0.103. The molecule has 1 aliphatic heterocycles. The second-order valence-electron chi connectivity index (χ2n) is 6.00. The molecule has 1 aliphatic rings. The highest BCUT2D eigenvalue weighted by molar-refractivity contribution is 7.19. The van der Waals surface area contributed by atoms with Crippen LogP contribution >= 0.6 is 11.3 Å². The number of benzene rings is 1. The molecule has 1 aromatic carbocycles. The molecule has 0 saturated heterocycles. The number of carbonyl (C=O) groups excluding carboxylic acids is 1. The Kier molecular flexibility index (Phi) is 4.01. The summed E-state index contributed by atoms with van der Waals surface area (Å²) >= 11 is 1.60. The summed E-state index contributed by atoms with van der Waals surface area (Å²) in [7, 11) is 1.62. The Hall–Kier alpha value is -2.67. The van der Waals surface area contributed by atoms with E-state index in [-0.39, 0.29) is 5.91 Å². The molecule has 3 heterocycles. The first-order chi connectivity index (χ1) is 12.2. The summed E-state index contributed by atoms with van der Waals surface area (Å²) in [6, 6.07) is 7.64. The van der Waals surface area contributed by atoms with Crippen molar-refractivity contribution in [1.82, 2.24) is 14.9 Å². The Morgan fingerprint density at radius 1 is 1.36 bits per heavy atom. The van der Waals surface area contributed by atoms with Crippen molar-refractivity contribution in [2.75, 3.05) is 19.4 Å². The number of ether oxygens (including phenoxy) is 1. The predicted molar refractivity (Wildman–Crippen MR) is 97.6 cm³/mol. The van der Waals surface area contributed by atoms with Crippen molar-refractivity contribution in [3.05, 3.63) is 46.6 Å². The van der Waals surface area contributed by atoms with E-state index in [0.29, 0.717) is 25.3 Å². The van der Waals surface area contributed by atoms with Crippen LogP contribution in [0.4, 0.5) is 5.82 Å². The van der Waals surface area contributed by atoms with E-state index in [2.05, 4.69) is 9.97 Å². The average Bonchev–Trinajstić information content (AvgIpc) is 3.01. The van der Waals surface area contributed by atoms with Gasteiger partial charge in [-0.1, -0.05) is 18.2 Å². The van der Waals surface area contributed by atoms with E-state index in [0.717, 1.165) is 32.8 Å². The number of carbonyl (C=O) groups is 1. The molecule has 4 rings (SSSR count). The average molecular weight is 354 g/mol. The van der Waals surface area contributed by atoms with E-state index in [4.69, 9.17) is 10.5 Å². The molecule has 2 N–H and O–H groups in total. The highest BCUT2D eigenvalue weighted by Gasteiger charge is 2.26. The van der Waals surface area contributed by atoms with Crippen molar-refractivity contribution >= 4 is 33.3 Å². The van der Waals surface area contributed by atoms with Crippen molar-refractivity contribution < 1.29 is 9.53 Å². The molecular formula is C18H18N4O2S. The van der Waals surface area contributed by atoms with Crippen LogP contribution in [0.25, 0.3) is 10.2 Å². The first kappa shape index (κ1) is 15.8. The van der Waals surface area contributed by atoms with Crippen molar-refractivity contribution in [1.29, 1.82) is 0 Å². The summed E-state index contributed by atoms with van der Waals surface area (Å²) in [6.07, 6.45) is 2.61. The van der Waals surface area contributed by atoms with Gasteiger partial charge in [-0.2, -0.15) is 0 Å². The number of methoxy groups -OCH3 is 1. The van der Waals surface area contributed by atoms with Crippen molar-refractivity contribution in [3.63, 3.8) is 0 Å². The zero-order valence-corrected chi connectivity index (χ0v) is 14.7. The largest absolute Gasteiger partial charge is 0.496 e. The van der Waals surface area contributed by atoms with E-state index in [9.17, 15) is 4.79 Å². The van der Waals surface area contributed by atoms with Crippen LogP contribution in [0.1, 0.15) is 16.0 Å². The standard InChI is InChI=1S/C18H18N4O2S/c1-24-13-5-3-2-4-11(13)8-15(23)22-7-6-12-14(9-22)25-18-16(12)17(19)20-10-21-18/h2-5,10H,6-9H2,1H3,(H2,19,20,21). The lowest BCUT2D eigenvalue weighted by Gasteiger charge is -2.27. The van der Waals surface area contributed by atoms with Crippen LogP contribution in [0.5, 0.6) is 5.75 Å². The van der Waals surface area contributed by atoms with Gasteiger partial charge in [-0.05, 0) is 18.1 Å². The number of anilines is 1. The van der Waals surface area contributed by atoms with Gasteiger partial charge in [0.15, 0.2) is 0 Å². The minimum Gasteiger partial charge on any atom is -0.496 e. The van der Waals surface area contributed by atoms with Crippen LogP contribution in [0.2, 0.25) is 0 Å². The molecule has 0 bridgehead atoms. The van der Waals surface area contributed by atoms with Crippen LogP contribution in [0.3, 0.4) is 0 Å². The van der Waals surface area contributed by atoms with Gasteiger partial charge in [0, 0.05) is 17.0 Å². The van der Waals surface area contributed by atoms with E-state index >= 15 is 0 Å². The fraction of sp³-hybridized carbons (Fsp3) is 0.278. The van der Waals surface area contributed by atoms with Crippen LogP contribution in [-0.2, 0) is 24.2 Å². The third-order valence-corrected chi connectivity index (χ3v) is 5.68. The molecule has 25 heavy (non-hydrogen) atoms. The maximum Gasteiger partial charge on any atom is 0.227 e. The molecule has 0 radical (unpaired) electrons. The van der Waals surface area contributed by atoms with Crippen molar-refractivity contribution in [3.8, 4) is 5.75 Å². The number of hydrogen-bond donors (Lipinski definition) is 1. The van der Waals surface area contributed by atoms with Gasteiger partial charge in [0.1, 0.15) is 22.7 Å². The highest BCUT2D eigenvalue weighted by Crippen LogP contribution is 2.36. The highest BCUT2D eigenvalue weighted by atomic mass is 32.1. The molecule has 1 amide bonds. The normalized spacial score (nSPS) is 13.7. The topological polar surface area (TPSA) is 81.3 Å². The molecule has 0 fully saturated rings. The minimum absolute atomic E-state index is 0.103. The molecular weight excluding hydrogens is 336 g/mol. The van der Waals surface area contributed by atoms with Crippen LogP contribution in [0.15, 0.2) is 30.6 Å². The first-order valence-electron chi connectivity index (χ1n) is 8.07. The van der Waals surface area contributed by atoms with Gasteiger partial charge >= 0.3 is 0 Å². The maximum atomic E-state index is 12.7. The Labute approximate surface area is 149 Å². The lowest BCUT2D eigenvalue weighted by Crippen LogP contribution is -2.36. The van der Waals surface area contributed by atoms with Gasteiger partial charge in [-0.25, -0.2) is 9.97 Å². The van der Waals surface area contributed by atoms with Gasteiger partial charge in [0.25, 0.3) is 0 Å². The SMILES string of the molecule is COc1ccccc1CC(=O)N1CCc2c(sc3ncnc(N)c23)C1. The molecule has 0 unspecified atom stereocenters. The molecule has 0 aliphatic carbocycles. The number of hydrogen-bond acceptors (Lipinski definition) is 6. The summed E-state index contributed by atoms with van der Waals surface area (Å²) < 4.78 is 5.35. The number of aromatic nitrogens is 2. The predicted octanol–water partition coefficient (Wildman–Crippen LogP) is 2.41. The summed E-state index contributed by atoms with van der Waals surface area (Å²) in [5, 5.41) is 0.958. The maximum absolute atomic E-state index is 12.7. The molecule has 6 nitrogen and oxygen atoms in total. The monoisotopic (exact) mass is 354 g/mol. The van der Waals surface area contributed by atoms with Gasteiger partial charge in [0.2, 0.25) is 5.91 Å². The number of fused-ring (bicyclic) bond motifs is 3. The zero-order valence-electron chi connectivity index (χ0n) is 13.9. The van der Waals surface area contributed by atoms with Crippen LogP contribution in [0, 0.1) is 0 Å². The summed E-state index contributed by atoms with van der Waals surface area (Å²) in [5.41, 5.74) is 8.12. The number of nitrogens with zero attached hydrogens (tertiary/aromatic N) is 3. The van der Waals surface area contributed by atoms with Crippen molar-refractivity contribution in [2.24, 2.45) is 0 Å². The quantitative estimate of drug-likeness (QED) is 0.781. The Balaban J connectivity index is 1.57. The summed E-state index contributed by atoms with van der Waals surface area (Å²) in [5.74, 6) is 1.38. The Morgan fingerprint density at radius 3 is 3.04 bits per heavy atom. The molecule has 3 aromatic rings. The van der Waals surface area contributed by atoms with E-state index < -0.39 is 0 Å². The number of amides is 1. The number of thiophene rings is 1. The van der Waals surface area contributed by atoms with Gasteiger partial charge in [-0.15, -0.1) is 11.3 Å². The third kappa shape index (κ3) is 2.80. The lowest BCUT2D eigenvalue weighted by molar-refractivity contribution is -0.131. The van der Waals surface area contributed by atoms with E-state index in [1.54, 1.807) is 18.4 Å². The van der Waals surface area contributed by atoms with E-state index in [1.807, 2.05) is 29.2 Å².